The molecule has 18 heavy (non-hydrogen) atoms. The van der Waals surface area contributed by atoms with Crippen molar-refractivity contribution < 1.29 is 9.18 Å². The average Bonchev–Trinajstić information content (AvgIpc) is 2.35. The number of nitrogens with one attached hydrogen (secondary N) is 1. The Morgan fingerprint density at radius 1 is 1.50 bits per heavy atom. The average molecular weight is 252 g/mol. The van der Waals surface area contributed by atoms with Gasteiger partial charge in [0.2, 0.25) is 5.91 Å². The van der Waals surface area contributed by atoms with E-state index in [1.165, 1.54) is 12.1 Å². The number of benzene rings is 1. The summed E-state index contributed by atoms with van der Waals surface area (Å²) in [6.45, 7) is 5.86. The maximum Gasteiger partial charge on any atom is 0.226 e. The molecule has 0 spiro atoms. The highest BCUT2D eigenvalue weighted by Crippen LogP contribution is 2.08. The highest BCUT2D eigenvalue weighted by Gasteiger charge is 2.17. The predicted octanol–water partition coefficient (Wildman–Crippen LogP) is 2.03. The molecule has 0 bridgehead atoms. The van der Waals surface area contributed by atoms with E-state index in [-0.39, 0.29) is 17.6 Å². The summed E-state index contributed by atoms with van der Waals surface area (Å²) < 4.78 is 13.0. The van der Waals surface area contributed by atoms with Crippen LogP contribution in [0.15, 0.2) is 24.3 Å². The Balaban J connectivity index is 2.54. The third kappa shape index (κ3) is 4.45. The molecule has 1 atom stereocenters. The zero-order valence-corrected chi connectivity index (χ0v) is 11.2. The fourth-order valence-corrected chi connectivity index (χ4v) is 1.81. The number of nitrogens with zero attached hydrogens (tertiary/aromatic N) is 1. The molecule has 100 valence electrons. The van der Waals surface area contributed by atoms with Gasteiger partial charge in [0, 0.05) is 26.1 Å². The number of carbonyl (C=O) groups excluding carboxylic acids is 1. The number of hydrogen-bond donors (Lipinski definition) is 1. The van der Waals surface area contributed by atoms with E-state index in [1.54, 1.807) is 18.0 Å². The highest BCUT2D eigenvalue weighted by molar-refractivity contribution is 5.78. The molecule has 0 heterocycles. The van der Waals surface area contributed by atoms with Gasteiger partial charge < -0.3 is 10.2 Å². The van der Waals surface area contributed by atoms with Gasteiger partial charge in [-0.25, -0.2) is 4.39 Å². The van der Waals surface area contributed by atoms with Crippen LogP contribution in [-0.4, -0.2) is 30.9 Å². The minimum Gasteiger partial charge on any atom is -0.341 e. The first-order chi connectivity index (χ1) is 8.54. The Bertz CT molecular complexity index is 395. The Hall–Kier alpha value is -1.42. The van der Waals surface area contributed by atoms with Crippen molar-refractivity contribution in [2.24, 2.45) is 5.92 Å². The molecule has 1 unspecified atom stereocenters. The van der Waals surface area contributed by atoms with Crippen LogP contribution in [0.5, 0.6) is 0 Å². The summed E-state index contributed by atoms with van der Waals surface area (Å²) >= 11 is 0. The lowest BCUT2D eigenvalue weighted by Crippen LogP contribution is -2.36. The van der Waals surface area contributed by atoms with Crippen LogP contribution in [0.3, 0.4) is 0 Å². The Labute approximate surface area is 108 Å². The second-order valence-electron chi connectivity index (χ2n) is 4.53. The van der Waals surface area contributed by atoms with Crippen LogP contribution in [0.1, 0.15) is 19.4 Å². The molecule has 1 amide bonds. The third-order valence-electron chi connectivity index (χ3n) is 2.81. The van der Waals surface area contributed by atoms with Crippen molar-refractivity contribution in [1.82, 2.24) is 10.2 Å². The minimum atomic E-state index is -0.269. The van der Waals surface area contributed by atoms with Crippen LogP contribution in [0.25, 0.3) is 0 Å². The number of rotatable bonds is 6. The first-order valence-corrected chi connectivity index (χ1v) is 6.24. The number of carbonyl (C=O) groups is 1. The standard InChI is InChI=1S/C14H21FN2O/c1-4-16-9-11(2)14(18)17(3)10-12-6-5-7-13(15)8-12/h5-8,11,16H,4,9-10H2,1-3H3. The smallest absolute Gasteiger partial charge is 0.226 e. The highest BCUT2D eigenvalue weighted by atomic mass is 19.1. The number of hydrogen-bond acceptors (Lipinski definition) is 2. The van der Waals surface area contributed by atoms with E-state index >= 15 is 0 Å². The fourth-order valence-electron chi connectivity index (χ4n) is 1.81. The minimum absolute atomic E-state index is 0.0662. The van der Waals surface area contributed by atoms with Crippen LogP contribution in [0, 0.1) is 11.7 Å². The Kier molecular flexibility index (Phi) is 5.78. The van der Waals surface area contributed by atoms with E-state index in [4.69, 9.17) is 0 Å². The van der Waals surface area contributed by atoms with Gasteiger partial charge in [-0.1, -0.05) is 26.0 Å². The summed E-state index contributed by atoms with van der Waals surface area (Å²) in [6.07, 6.45) is 0. The number of amides is 1. The maximum atomic E-state index is 13.0. The van der Waals surface area contributed by atoms with Crippen LogP contribution < -0.4 is 5.32 Å². The van der Waals surface area contributed by atoms with Crippen LogP contribution in [-0.2, 0) is 11.3 Å². The van der Waals surface area contributed by atoms with Gasteiger partial charge in [0.25, 0.3) is 0 Å². The molecule has 1 N–H and O–H groups in total. The lowest BCUT2D eigenvalue weighted by Gasteiger charge is -2.21. The van der Waals surface area contributed by atoms with E-state index in [2.05, 4.69) is 5.32 Å². The molecule has 0 fully saturated rings. The van der Waals surface area contributed by atoms with Gasteiger partial charge in [0.05, 0.1) is 0 Å². The van der Waals surface area contributed by atoms with Crippen LogP contribution in [0.2, 0.25) is 0 Å². The van der Waals surface area contributed by atoms with Crippen molar-refractivity contribution in [3.63, 3.8) is 0 Å². The zero-order chi connectivity index (χ0) is 13.5. The molecule has 1 aromatic carbocycles. The van der Waals surface area contributed by atoms with Gasteiger partial charge in [-0.05, 0) is 24.2 Å². The number of halogens is 1. The summed E-state index contributed by atoms with van der Waals surface area (Å²) in [6, 6.07) is 6.34. The van der Waals surface area contributed by atoms with Gasteiger partial charge in [-0.3, -0.25) is 4.79 Å². The van der Waals surface area contributed by atoms with E-state index in [0.29, 0.717) is 13.1 Å². The molecule has 0 aromatic heterocycles. The molecular weight excluding hydrogens is 231 g/mol. The van der Waals surface area contributed by atoms with Crippen LogP contribution >= 0.6 is 0 Å². The SMILES string of the molecule is CCNCC(C)C(=O)N(C)Cc1cccc(F)c1. The molecule has 0 saturated carbocycles. The molecule has 0 aliphatic heterocycles. The van der Waals surface area contributed by atoms with Crippen molar-refractivity contribution in [1.29, 1.82) is 0 Å². The first-order valence-electron chi connectivity index (χ1n) is 6.24. The van der Waals surface area contributed by atoms with Gasteiger partial charge in [0.15, 0.2) is 0 Å². The largest absolute Gasteiger partial charge is 0.341 e. The maximum absolute atomic E-state index is 13.0. The van der Waals surface area contributed by atoms with E-state index in [1.807, 2.05) is 19.9 Å². The van der Waals surface area contributed by atoms with E-state index in [9.17, 15) is 9.18 Å². The molecule has 4 heteroatoms. The monoisotopic (exact) mass is 252 g/mol. The molecule has 1 aromatic rings. The summed E-state index contributed by atoms with van der Waals surface area (Å²) in [5, 5.41) is 3.15. The second kappa shape index (κ2) is 7.11. The quantitative estimate of drug-likeness (QED) is 0.840. The molecule has 0 saturated heterocycles. The first kappa shape index (κ1) is 14.6. The van der Waals surface area contributed by atoms with E-state index < -0.39 is 0 Å². The van der Waals surface area contributed by atoms with Crippen LogP contribution in [0.4, 0.5) is 4.39 Å². The molecule has 0 radical (unpaired) electrons. The van der Waals surface area contributed by atoms with Crippen molar-refractivity contribution >= 4 is 5.91 Å². The molecule has 3 nitrogen and oxygen atoms in total. The summed E-state index contributed by atoms with van der Waals surface area (Å²) in [5.74, 6) is -0.266. The van der Waals surface area contributed by atoms with Crippen molar-refractivity contribution in [3.8, 4) is 0 Å². The van der Waals surface area contributed by atoms with Gasteiger partial charge in [-0.15, -0.1) is 0 Å². The third-order valence-corrected chi connectivity index (χ3v) is 2.81. The van der Waals surface area contributed by atoms with Gasteiger partial charge >= 0.3 is 0 Å². The second-order valence-corrected chi connectivity index (χ2v) is 4.53. The lowest BCUT2D eigenvalue weighted by molar-refractivity contribution is -0.134. The zero-order valence-electron chi connectivity index (χ0n) is 11.2. The van der Waals surface area contributed by atoms with Crippen molar-refractivity contribution in [3.05, 3.63) is 35.6 Å². The molecule has 1 rings (SSSR count). The molecule has 0 aliphatic carbocycles. The predicted molar refractivity (Wildman–Crippen MR) is 70.6 cm³/mol. The molecule has 0 aliphatic rings. The van der Waals surface area contributed by atoms with Gasteiger partial charge in [0.1, 0.15) is 5.82 Å². The Morgan fingerprint density at radius 3 is 2.83 bits per heavy atom. The molecular formula is C14H21FN2O. The lowest BCUT2D eigenvalue weighted by atomic mass is 10.1. The van der Waals surface area contributed by atoms with Gasteiger partial charge in [-0.2, -0.15) is 0 Å². The summed E-state index contributed by atoms with van der Waals surface area (Å²) in [5.41, 5.74) is 0.807. The normalized spacial score (nSPS) is 12.2. The summed E-state index contributed by atoms with van der Waals surface area (Å²) in [7, 11) is 1.75. The Morgan fingerprint density at radius 2 is 2.22 bits per heavy atom. The topological polar surface area (TPSA) is 32.3 Å². The fraction of sp³-hybridized carbons (Fsp3) is 0.500. The van der Waals surface area contributed by atoms with E-state index in [0.717, 1.165) is 12.1 Å². The van der Waals surface area contributed by atoms with Crippen molar-refractivity contribution in [2.75, 3.05) is 20.1 Å². The summed E-state index contributed by atoms with van der Waals surface area (Å²) in [4.78, 5) is 13.7. The van der Waals surface area contributed by atoms with Crippen molar-refractivity contribution in [2.45, 2.75) is 20.4 Å².